The number of ketones is 1. The van der Waals surface area contributed by atoms with Gasteiger partial charge in [-0.3, -0.25) is 9.59 Å². The van der Waals surface area contributed by atoms with E-state index in [1.54, 1.807) is 19.1 Å². The van der Waals surface area contributed by atoms with Gasteiger partial charge in [-0.2, -0.15) is 0 Å². The van der Waals surface area contributed by atoms with Crippen molar-refractivity contribution < 1.29 is 23.2 Å². The number of Topliss-reactive ketones (excluding diaryl/α,β-unsaturated/α-hetero) is 1. The topological polar surface area (TPSA) is 69.7 Å². The van der Waals surface area contributed by atoms with Crippen LogP contribution in [0, 0.1) is 0 Å². The zero-order chi connectivity index (χ0) is 14.8. The lowest BCUT2D eigenvalue weighted by atomic mass is 9.92. The van der Waals surface area contributed by atoms with Crippen molar-refractivity contribution in [2.24, 2.45) is 0 Å². The third kappa shape index (κ3) is 2.51. The predicted octanol–water partition coefficient (Wildman–Crippen LogP) is 3.16. The van der Waals surface area contributed by atoms with E-state index in [-0.39, 0.29) is 18.2 Å². The largest absolute Gasteiger partial charge is 0.466 e. The van der Waals surface area contributed by atoms with Gasteiger partial charge in [-0.25, -0.2) is 0 Å². The zero-order valence-electron chi connectivity index (χ0n) is 11.8. The molecule has 0 saturated carbocycles. The molecule has 0 radical (unpaired) electrons. The molecule has 0 amide bonds. The Kier molecular flexibility index (Phi) is 3.64. The van der Waals surface area contributed by atoms with E-state index in [0.717, 1.165) is 6.42 Å². The highest BCUT2D eigenvalue weighted by molar-refractivity contribution is 6.04. The maximum atomic E-state index is 12.2. The second-order valence-electron chi connectivity index (χ2n) is 4.93. The van der Waals surface area contributed by atoms with Gasteiger partial charge in [0, 0.05) is 12.8 Å². The third-order valence-corrected chi connectivity index (χ3v) is 3.52. The molecule has 2 heterocycles. The van der Waals surface area contributed by atoms with Gasteiger partial charge in [0.2, 0.25) is 0 Å². The van der Waals surface area contributed by atoms with Gasteiger partial charge in [-0.05, 0) is 25.5 Å². The summed E-state index contributed by atoms with van der Waals surface area (Å²) < 4.78 is 16.1. The molecule has 1 aliphatic carbocycles. The van der Waals surface area contributed by atoms with Crippen LogP contribution in [0.15, 0.2) is 27.2 Å². The summed E-state index contributed by atoms with van der Waals surface area (Å²) in [7, 11) is 0. The van der Waals surface area contributed by atoms with E-state index < -0.39 is 0 Å². The average molecular weight is 288 g/mol. The minimum Gasteiger partial charge on any atom is -0.466 e. The highest BCUT2D eigenvalue weighted by Crippen LogP contribution is 2.37. The quantitative estimate of drug-likeness (QED) is 0.808. The van der Waals surface area contributed by atoms with Crippen molar-refractivity contribution in [3.05, 3.63) is 35.5 Å². The van der Waals surface area contributed by atoms with Crippen LogP contribution in [0.2, 0.25) is 0 Å². The number of esters is 1. The molecule has 1 aliphatic rings. The van der Waals surface area contributed by atoms with Crippen molar-refractivity contribution in [3.8, 4) is 11.3 Å². The van der Waals surface area contributed by atoms with Crippen molar-refractivity contribution in [2.75, 3.05) is 6.61 Å². The van der Waals surface area contributed by atoms with Crippen molar-refractivity contribution in [1.29, 1.82) is 0 Å². The number of hydrogen-bond acceptors (Lipinski definition) is 5. The van der Waals surface area contributed by atoms with Gasteiger partial charge in [0.25, 0.3) is 0 Å². The standard InChI is InChI=1S/C16H16O5/c1-2-19-14(18)9-13-16(11-7-4-8-20-11)15-10(17)5-3-6-12(15)21-13/h4,7-8H,2-3,5-6,9H2,1H3. The van der Waals surface area contributed by atoms with Gasteiger partial charge in [0.1, 0.15) is 23.7 Å². The second-order valence-corrected chi connectivity index (χ2v) is 4.93. The van der Waals surface area contributed by atoms with Crippen molar-refractivity contribution in [2.45, 2.75) is 32.6 Å². The fourth-order valence-electron chi connectivity index (χ4n) is 2.68. The molecule has 3 rings (SSSR count). The summed E-state index contributed by atoms with van der Waals surface area (Å²) in [5, 5.41) is 0. The highest BCUT2D eigenvalue weighted by Gasteiger charge is 2.31. The number of fused-ring (bicyclic) bond motifs is 1. The minimum atomic E-state index is -0.371. The summed E-state index contributed by atoms with van der Waals surface area (Å²) in [5.41, 5.74) is 1.17. The summed E-state index contributed by atoms with van der Waals surface area (Å²) in [4.78, 5) is 23.9. The SMILES string of the molecule is CCOC(=O)Cc1oc2c(c1-c1ccco1)C(=O)CCC2. The smallest absolute Gasteiger partial charge is 0.313 e. The van der Waals surface area contributed by atoms with Gasteiger partial charge in [-0.1, -0.05) is 0 Å². The molecule has 0 aliphatic heterocycles. The Hall–Kier alpha value is -2.30. The Labute approximate surface area is 121 Å². The number of ether oxygens (including phenoxy) is 1. The fraction of sp³-hybridized carbons (Fsp3) is 0.375. The molecule has 0 saturated heterocycles. The molecular weight excluding hydrogens is 272 g/mol. The molecule has 0 spiro atoms. The summed E-state index contributed by atoms with van der Waals surface area (Å²) in [5.74, 6) is 1.32. The molecule has 21 heavy (non-hydrogen) atoms. The van der Waals surface area contributed by atoms with Crippen LogP contribution in [0.1, 0.15) is 41.6 Å². The zero-order valence-corrected chi connectivity index (χ0v) is 11.8. The monoisotopic (exact) mass is 288 g/mol. The molecule has 0 atom stereocenters. The first-order valence-corrected chi connectivity index (χ1v) is 7.08. The number of carbonyl (C=O) groups excluding carboxylic acids is 2. The van der Waals surface area contributed by atoms with Crippen LogP contribution in [-0.2, 0) is 22.4 Å². The molecule has 2 aromatic rings. The maximum Gasteiger partial charge on any atom is 0.313 e. The van der Waals surface area contributed by atoms with Crippen LogP contribution in [0.4, 0.5) is 0 Å². The van der Waals surface area contributed by atoms with Gasteiger partial charge >= 0.3 is 5.97 Å². The summed E-state index contributed by atoms with van der Waals surface area (Å²) in [6.45, 7) is 2.07. The lowest BCUT2D eigenvalue weighted by molar-refractivity contribution is -0.142. The Morgan fingerprint density at radius 1 is 1.33 bits per heavy atom. The molecule has 5 heteroatoms. The van der Waals surface area contributed by atoms with Crippen LogP contribution in [0.25, 0.3) is 11.3 Å². The third-order valence-electron chi connectivity index (χ3n) is 3.52. The number of hydrogen-bond donors (Lipinski definition) is 0. The van der Waals surface area contributed by atoms with Crippen molar-refractivity contribution >= 4 is 11.8 Å². The summed E-state index contributed by atoms with van der Waals surface area (Å²) >= 11 is 0. The van der Waals surface area contributed by atoms with E-state index in [1.807, 2.05) is 0 Å². The number of aryl methyl sites for hydroxylation is 1. The van der Waals surface area contributed by atoms with Crippen LogP contribution >= 0.6 is 0 Å². The molecule has 0 aromatic carbocycles. The summed E-state index contributed by atoms with van der Waals surface area (Å²) in [6.07, 6.45) is 3.52. The van der Waals surface area contributed by atoms with Crippen LogP contribution in [0.3, 0.4) is 0 Å². The molecule has 0 unspecified atom stereocenters. The van der Waals surface area contributed by atoms with Crippen LogP contribution in [0.5, 0.6) is 0 Å². The molecule has 2 aromatic heterocycles. The van der Waals surface area contributed by atoms with Gasteiger partial charge < -0.3 is 13.6 Å². The summed E-state index contributed by atoms with van der Waals surface area (Å²) in [6, 6.07) is 3.51. The highest BCUT2D eigenvalue weighted by atomic mass is 16.5. The van der Waals surface area contributed by atoms with E-state index in [2.05, 4.69) is 0 Å². The van der Waals surface area contributed by atoms with E-state index in [4.69, 9.17) is 13.6 Å². The number of furan rings is 2. The normalized spacial score (nSPS) is 14.0. The molecule has 0 N–H and O–H groups in total. The van der Waals surface area contributed by atoms with E-state index in [1.165, 1.54) is 6.26 Å². The first-order chi connectivity index (χ1) is 10.2. The van der Waals surface area contributed by atoms with Gasteiger partial charge in [0.05, 0.1) is 24.0 Å². The van der Waals surface area contributed by atoms with Crippen LogP contribution in [-0.4, -0.2) is 18.4 Å². The number of carbonyl (C=O) groups is 2. The Morgan fingerprint density at radius 3 is 2.90 bits per heavy atom. The van der Waals surface area contributed by atoms with Gasteiger partial charge in [-0.15, -0.1) is 0 Å². The Balaban J connectivity index is 2.07. The maximum absolute atomic E-state index is 12.2. The van der Waals surface area contributed by atoms with E-state index >= 15 is 0 Å². The van der Waals surface area contributed by atoms with Crippen molar-refractivity contribution in [1.82, 2.24) is 0 Å². The van der Waals surface area contributed by atoms with Crippen molar-refractivity contribution in [3.63, 3.8) is 0 Å². The molecule has 0 bridgehead atoms. The Morgan fingerprint density at radius 2 is 2.19 bits per heavy atom. The lowest BCUT2D eigenvalue weighted by Crippen LogP contribution is -2.10. The first kappa shape index (κ1) is 13.7. The van der Waals surface area contributed by atoms with E-state index in [0.29, 0.717) is 47.9 Å². The minimum absolute atomic E-state index is 0.00412. The average Bonchev–Trinajstić information content (AvgIpc) is 3.06. The molecule has 0 fully saturated rings. The Bertz CT molecular complexity index is 663. The molecule has 110 valence electrons. The van der Waals surface area contributed by atoms with Gasteiger partial charge in [0.15, 0.2) is 5.78 Å². The first-order valence-electron chi connectivity index (χ1n) is 7.08. The van der Waals surface area contributed by atoms with E-state index in [9.17, 15) is 9.59 Å². The second kappa shape index (κ2) is 5.60. The number of rotatable bonds is 4. The molecule has 5 nitrogen and oxygen atoms in total. The fourth-order valence-corrected chi connectivity index (χ4v) is 2.68. The lowest BCUT2D eigenvalue weighted by Gasteiger charge is -2.08. The molecular formula is C16H16O5. The van der Waals surface area contributed by atoms with Crippen LogP contribution < -0.4 is 0 Å². The predicted molar refractivity (Wildman–Crippen MR) is 74.0 cm³/mol.